The maximum atomic E-state index is 12.8. The fourth-order valence-electron chi connectivity index (χ4n) is 3.42. The van der Waals surface area contributed by atoms with Crippen LogP contribution in [0.2, 0.25) is 0 Å². The predicted octanol–water partition coefficient (Wildman–Crippen LogP) is 5.65. The van der Waals surface area contributed by atoms with Crippen molar-refractivity contribution in [2.45, 2.75) is 65.9 Å². The van der Waals surface area contributed by atoms with E-state index in [0.29, 0.717) is 24.5 Å². The highest BCUT2D eigenvalue weighted by atomic mass is 16.6. The summed E-state index contributed by atoms with van der Waals surface area (Å²) in [5.41, 5.74) is 2.69. The minimum absolute atomic E-state index is 0.183. The third-order valence-corrected chi connectivity index (χ3v) is 5.04. The number of nitrogens with one attached hydrogen (secondary N) is 1. The van der Waals surface area contributed by atoms with Gasteiger partial charge in [-0.1, -0.05) is 37.3 Å². The fourth-order valence-corrected chi connectivity index (χ4v) is 3.42. The molecule has 0 unspecified atom stereocenters. The second kappa shape index (κ2) is 9.94. The van der Waals surface area contributed by atoms with Crippen molar-refractivity contribution in [3.8, 4) is 5.75 Å². The van der Waals surface area contributed by atoms with E-state index in [4.69, 9.17) is 14.2 Å². The number of hydrogen-bond donors (Lipinski definition) is 1. The molecule has 0 aliphatic carbocycles. The highest BCUT2D eigenvalue weighted by molar-refractivity contribution is 5.86. The summed E-state index contributed by atoms with van der Waals surface area (Å²) in [4.78, 5) is 26.7. The first-order valence-corrected chi connectivity index (χ1v) is 10.9. The molecule has 0 spiro atoms. The van der Waals surface area contributed by atoms with Crippen molar-refractivity contribution in [3.63, 3.8) is 0 Å². The lowest BCUT2D eigenvalue weighted by Gasteiger charge is -2.22. The summed E-state index contributed by atoms with van der Waals surface area (Å²) < 4.78 is 17.1. The van der Waals surface area contributed by atoms with Crippen LogP contribution in [0.15, 0.2) is 42.5 Å². The molecule has 1 atom stereocenters. The average Bonchev–Trinajstić information content (AvgIpc) is 2.90. The number of ether oxygens (including phenoxy) is 3. The van der Waals surface area contributed by atoms with E-state index in [1.54, 1.807) is 11.0 Å². The molecular weight excluding hydrogens is 408 g/mol. The third kappa shape index (κ3) is 6.39. The normalized spacial score (nSPS) is 15.8. The lowest BCUT2D eigenvalue weighted by Crippen LogP contribution is -2.37. The molecule has 32 heavy (non-hydrogen) atoms. The largest absolute Gasteiger partial charge is 0.488 e. The predicted molar refractivity (Wildman–Crippen MR) is 123 cm³/mol. The summed E-state index contributed by atoms with van der Waals surface area (Å²) in [6.07, 6.45) is -0.354. The quantitative estimate of drug-likeness (QED) is 0.665. The molecule has 2 amide bonds. The maximum Gasteiger partial charge on any atom is 0.412 e. The van der Waals surface area contributed by atoms with E-state index < -0.39 is 11.7 Å². The molecule has 0 radical (unpaired) electrons. The Morgan fingerprint density at radius 2 is 1.91 bits per heavy atom. The number of aryl methyl sites for hydroxylation is 1. The van der Waals surface area contributed by atoms with Crippen LogP contribution in [0.1, 0.15) is 50.8 Å². The number of nitrogens with zero attached hydrogens (tertiary/aromatic N) is 1. The van der Waals surface area contributed by atoms with Gasteiger partial charge in [-0.05, 0) is 51.3 Å². The first-order chi connectivity index (χ1) is 15.1. The lowest BCUT2D eigenvalue weighted by atomic mass is 10.1. The Balaban J connectivity index is 1.75. The van der Waals surface area contributed by atoms with Gasteiger partial charge in [0.25, 0.3) is 0 Å². The molecule has 2 aromatic rings. The van der Waals surface area contributed by atoms with Gasteiger partial charge in [-0.2, -0.15) is 0 Å². The summed E-state index contributed by atoms with van der Waals surface area (Å²) >= 11 is 0. The number of hydrogen-bond acceptors (Lipinski definition) is 5. The number of fused-ring (bicyclic) bond motifs is 1. The Morgan fingerprint density at radius 3 is 2.56 bits per heavy atom. The summed E-state index contributed by atoms with van der Waals surface area (Å²) in [6, 6.07) is 13.3. The van der Waals surface area contributed by atoms with Crippen LogP contribution in [-0.2, 0) is 22.6 Å². The molecule has 1 aliphatic rings. The van der Waals surface area contributed by atoms with E-state index in [0.717, 1.165) is 23.1 Å². The molecule has 0 aromatic heterocycles. The second-order valence-electron chi connectivity index (χ2n) is 8.97. The van der Waals surface area contributed by atoms with Gasteiger partial charge in [0.05, 0.1) is 18.8 Å². The number of carbonyl (C=O) groups excluding carboxylic acids is 2. The zero-order chi connectivity index (χ0) is 23.3. The molecule has 0 saturated carbocycles. The Bertz CT molecular complexity index is 953. The zero-order valence-corrected chi connectivity index (χ0v) is 19.4. The average molecular weight is 441 g/mol. The monoisotopic (exact) mass is 440 g/mol. The number of rotatable bonds is 4. The van der Waals surface area contributed by atoms with Crippen molar-refractivity contribution in [1.29, 1.82) is 0 Å². The molecule has 1 aliphatic heterocycles. The summed E-state index contributed by atoms with van der Waals surface area (Å²) in [5, 5.41) is 2.80. The van der Waals surface area contributed by atoms with Gasteiger partial charge >= 0.3 is 12.2 Å². The van der Waals surface area contributed by atoms with Crippen LogP contribution in [-0.4, -0.2) is 35.3 Å². The standard InChI is InChI=1S/C25H32N2O5/c1-6-20-15-27(24(29)30-16-18-10-8-7-9-11-18)14-19-12-17(2)21(13-22(19)31-20)26-23(28)32-25(3,4)5/h7-13,20H,6,14-16H2,1-5H3,(H,26,28)/t20-/m1/s1. The molecule has 7 heteroatoms. The van der Waals surface area contributed by atoms with Crippen molar-refractivity contribution in [3.05, 3.63) is 59.2 Å². The van der Waals surface area contributed by atoms with Gasteiger partial charge in [0.1, 0.15) is 24.1 Å². The SMILES string of the molecule is CC[C@@H]1CN(C(=O)OCc2ccccc2)Cc2cc(C)c(NC(=O)OC(C)(C)C)cc2O1. The van der Waals surface area contributed by atoms with Crippen molar-refractivity contribution in [2.75, 3.05) is 11.9 Å². The molecule has 2 aromatic carbocycles. The zero-order valence-electron chi connectivity index (χ0n) is 19.4. The molecule has 0 saturated heterocycles. The Morgan fingerprint density at radius 1 is 1.19 bits per heavy atom. The first-order valence-electron chi connectivity index (χ1n) is 10.9. The van der Waals surface area contributed by atoms with Crippen LogP contribution in [0, 0.1) is 6.92 Å². The van der Waals surface area contributed by atoms with Gasteiger partial charge in [-0.15, -0.1) is 0 Å². The molecule has 0 bridgehead atoms. The molecule has 7 nitrogen and oxygen atoms in total. The van der Waals surface area contributed by atoms with Gasteiger partial charge in [0, 0.05) is 11.6 Å². The highest BCUT2D eigenvalue weighted by Gasteiger charge is 2.27. The minimum Gasteiger partial charge on any atom is -0.488 e. The van der Waals surface area contributed by atoms with Gasteiger partial charge in [-0.3, -0.25) is 5.32 Å². The second-order valence-corrected chi connectivity index (χ2v) is 8.97. The van der Waals surface area contributed by atoms with Gasteiger partial charge in [0.2, 0.25) is 0 Å². The smallest absolute Gasteiger partial charge is 0.412 e. The van der Waals surface area contributed by atoms with Crippen molar-refractivity contribution < 1.29 is 23.8 Å². The van der Waals surface area contributed by atoms with E-state index >= 15 is 0 Å². The van der Waals surface area contributed by atoms with Crippen LogP contribution < -0.4 is 10.1 Å². The number of anilines is 1. The van der Waals surface area contributed by atoms with Crippen molar-refractivity contribution >= 4 is 17.9 Å². The Labute approximate surface area is 189 Å². The van der Waals surface area contributed by atoms with E-state index in [-0.39, 0.29) is 18.8 Å². The molecule has 1 N–H and O–H groups in total. The van der Waals surface area contributed by atoms with E-state index in [2.05, 4.69) is 5.32 Å². The highest BCUT2D eigenvalue weighted by Crippen LogP contribution is 2.32. The maximum absolute atomic E-state index is 12.8. The van der Waals surface area contributed by atoms with Crippen LogP contribution in [0.25, 0.3) is 0 Å². The first kappa shape index (κ1) is 23.4. The third-order valence-electron chi connectivity index (χ3n) is 5.04. The number of carbonyl (C=O) groups is 2. The van der Waals surface area contributed by atoms with Gasteiger partial charge in [-0.25, -0.2) is 9.59 Å². The molecule has 0 fully saturated rings. The van der Waals surface area contributed by atoms with Crippen LogP contribution in [0.5, 0.6) is 5.75 Å². The fraction of sp³-hybridized carbons (Fsp3) is 0.440. The number of benzene rings is 2. The van der Waals surface area contributed by atoms with E-state index in [9.17, 15) is 9.59 Å². The minimum atomic E-state index is -0.589. The Hall–Kier alpha value is -3.22. The van der Waals surface area contributed by atoms with Gasteiger partial charge < -0.3 is 19.1 Å². The number of amides is 2. The topological polar surface area (TPSA) is 77.1 Å². The van der Waals surface area contributed by atoms with E-state index in [1.807, 2.05) is 71.0 Å². The lowest BCUT2D eigenvalue weighted by molar-refractivity contribution is 0.0635. The van der Waals surface area contributed by atoms with Crippen LogP contribution in [0.4, 0.5) is 15.3 Å². The summed E-state index contributed by atoms with van der Waals surface area (Å²) in [7, 11) is 0. The molecule has 3 rings (SSSR count). The molecule has 1 heterocycles. The summed E-state index contributed by atoms with van der Waals surface area (Å²) in [5.74, 6) is 0.645. The van der Waals surface area contributed by atoms with E-state index in [1.165, 1.54) is 0 Å². The molecular formula is C25H32N2O5. The van der Waals surface area contributed by atoms with Crippen molar-refractivity contribution in [2.24, 2.45) is 0 Å². The summed E-state index contributed by atoms with van der Waals surface area (Å²) in [6.45, 7) is 10.4. The van der Waals surface area contributed by atoms with Crippen LogP contribution >= 0.6 is 0 Å². The Kier molecular flexibility index (Phi) is 7.28. The van der Waals surface area contributed by atoms with Crippen LogP contribution in [0.3, 0.4) is 0 Å². The van der Waals surface area contributed by atoms with Crippen molar-refractivity contribution in [1.82, 2.24) is 4.90 Å². The molecule has 172 valence electrons. The van der Waals surface area contributed by atoms with Gasteiger partial charge in [0.15, 0.2) is 0 Å².